The van der Waals surface area contributed by atoms with Crippen molar-refractivity contribution < 1.29 is 15.0 Å². The van der Waals surface area contributed by atoms with Gasteiger partial charge in [-0.15, -0.1) is 0 Å². The minimum absolute atomic E-state index is 0.255. The molecule has 0 aliphatic carbocycles. The fourth-order valence-electron chi connectivity index (χ4n) is 1.23. The van der Waals surface area contributed by atoms with Gasteiger partial charge < -0.3 is 10.2 Å². The van der Waals surface area contributed by atoms with Crippen LogP contribution in [0.25, 0.3) is 6.08 Å². The molecule has 0 spiro atoms. The minimum atomic E-state index is -0.997. The summed E-state index contributed by atoms with van der Waals surface area (Å²) < 4.78 is 0. The standard InChI is InChI=1S/C12H14O3/c1-9(11(13)8-12(14)15)7-10-5-3-2-4-6-10/h2-7,11,13H,8H2,1H3,(H,14,15)/b9-7+/t11-/m0/s1. The van der Waals surface area contributed by atoms with E-state index in [1.165, 1.54) is 0 Å². The number of aliphatic carboxylic acids is 1. The minimum Gasteiger partial charge on any atom is -0.481 e. The zero-order chi connectivity index (χ0) is 11.3. The van der Waals surface area contributed by atoms with Crippen LogP contribution in [-0.4, -0.2) is 22.3 Å². The van der Waals surface area contributed by atoms with Crippen LogP contribution in [0.4, 0.5) is 0 Å². The molecule has 0 unspecified atom stereocenters. The average Bonchev–Trinajstić information content (AvgIpc) is 2.18. The Kier molecular flexibility index (Phi) is 4.06. The van der Waals surface area contributed by atoms with Gasteiger partial charge in [-0.05, 0) is 18.1 Å². The van der Waals surface area contributed by atoms with E-state index in [0.29, 0.717) is 5.57 Å². The van der Waals surface area contributed by atoms with Crippen molar-refractivity contribution in [3.63, 3.8) is 0 Å². The van der Waals surface area contributed by atoms with Crippen molar-refractivity contribution in [2.45, 2.75) is 19.4 Å². The molecule has 0 amide bonds. The van der Waals surface area contributed by atoms with E-state index in [9.17, 15) is 9.90 Å². The van der Waals surface area contributed by atoms with Crippen LogP contribution >= 0.6 is 0 Å². The Bertz CT molecular complexity index is 354. The van der Waals surface area contributed by atoms with Crippen molar-refractivity contribution >= 4 is 12.0 Å². The Morgan fingerprint density at radius 3 is 2.53 bits per heavy atom. The molecule has 0 saturated heterocycles. The first kappa shape index (κ1) is 11.5. The molecule has 3 heteroatoms. The molecule has 2 N–H and O–H groups in total. The van der Waals surface area contributed by atoms with Crippen LogP contribution in [0.3, 0.4) is 0 Å². The van der Waals surface area contributed by atoms with Crippen molar-refractivity contribution in [1.29, 1.82) is 0 Å². The number of rotatable bonds is 4. The van der Waals surface area contributed by atoms with Gasteiger partial charge in [-0.3, -0.25) is 4.79 Å². The lowest BCUT2D eigenvalue weighted by molar-refractivity contribution is -0.138. The highest BCUT2D eigenvalue weighted by molar-refractivity contribution is 5.68. The molecule has 0 aromatic heterocycles. The van der Waals surface area contributed by atoms with Gasteiger partial charge >= 0.3 is 5.97 Å². The van der Waals surface area contributed by atoms with Crippen LogP contribution in [0.1, 0.15) is 18.9 Å². The Morgan fingerprint density at radius 2 is 2.00 bits per heavy atom. The van der Waals surface area contributed by atoms with Crippen LogP contribution in [0.15, 0.2) is 35.9 Å². The third kappa shape index (κ3) is 3.95. The summed E-state index contributed by atoms with van der Waals surface area (Å²) in [6.45, 7) is 1.72. The number of carboxylic acids is 1. The Balaban J connectivity index is 2.71. The highest BCUT2D eigenvalue weighted by Crippen LogP contribution is 2.11. The van der Waals surface area contributed by atoms with Crippen LogP contribution in [-0.2, 0) is 4.79 Å². The van der Waals surface area contributed by atoms with E-state index in [1.54, 1.807) is 13.0 Å². The Morgan fingerprint density at radius 1 is 1.40 bits per heavy atom. The van der Waals surface area contributed by atoms with Crippen LogP contribution < -0.4 is 0 Å². The number of carboxylic acid groups (broad SMARTS) is 1. The van der Waals surface area contributed by atoms with Crippen molar-refractivity contribution in [3.8, 4) is 0 Å². The van der Waals surface area contributed by atoms with E-state index in [-0.39, 0.29) is 6.42 Å². The monoisotopic (exact) mass is 206 g/mol. The second kappa shape index (κ2) is 5.32. The molecule has 3 nitrogen and oxygen atoms in total. The third-order valence-corrected chi connectivity index (χ3v) is 2.09. The molecule has 0 fully saturated rings. The SMILES string of the molecule is C/C(=C\c1ccccc1)[C@@H](O)CC(=O)O. The van der Waals surface area contributed by atoms with Gasteiger partial charge in [-0.2, -0.15) is 0 Å². The molecular weight excluding hydrogens is 192 g/mol. The smallest absolute Gasteiger partial charge is 0.306 e. The summed E-state index contributed by atoms with van der Waals surface area (Å²) in [6.07, 6.45) is 0.616. The highest BCUT2D eigenvalue weighted by Gasteiger charge is 2.10. The predicted molar refractivity (Wildman–Crippen MR) is 58.4 cm³/mol. The van der Waals surface area contributed by atoms with Gasteiger partial charge in [0.15, 0.2) is 0 Å². The van der Waals surface area contributed by atoms with E-state index in [0.717, 1.165) is 5.56 Å². The molecule has 1 aromatic rings. The molecule has 1 rings (SSSR count). The zero-order valence-electron chi connectivity index (χ0n) is 8.55. The largest absolute Gasteiger partial charge is 0.481 e. The molecule has 0 heterocycles. The summed E-state index contributed by atoms with van der Waals surface area (Å²) in [5, 5.41) is 18.0. The van der Waals surface area contributed by atoms with Crippen LogP contribution in [0, 0.1) is 0 Å². The molecule has 0 saturated carbocycles. The van der Waals surface area contributed by atoms with E-state index in [2.05, 4.69) is 0 Å². The normalized spacial score (nSPS) is 13.6. The van der Waals surface area contributed by atoms with Gasteiger partial charge in [-0.1, -0.05) is 36.4 Å². The maximum atomic E-state index is 10.4. The van der Waals surface area contributed by atoms with Gasteiger partial charge in [0.1, 0.15) is 0 Å². The van der Waals surface area contributed by atoms with Gasteiger partial charge in [0.2, 0.25) is 0 Å². The third-order valence-electron chi connectivity index (χ3n) is 2.09. The first-order valence-corrected chi connectivity index (χ1v) is 4.72. The molecular formula is C12H14O3. The van der Waals surface area contributed by atoms with Crippen molar-refractivity contribution in [3.05, 3.63) is 41.5 Å². The van der Waals surface area contributed by atoms with E-state index < -0.39 is 12.1 Å². The zero-order valence-corrected chi connectivity index (χ0v) is 8.55. The highest BCUT2D eigenvalue weighted by atomic mass is 16.4. The second-order valence-corrected chi connectivity index (χ2v) is 3.41. The molecule has 15 heavy (non-hydrogen) atoms. The maximum Gasteiger partial charge on any atom is 0.306 e. The summed E-state index contributed by atoms with van der Waals surface area (Å²) in [5.41, 5.74) is 1.61. The number of aliphatic hydroxyl groups is 1. The van der Waals surface area contributed by atoms with E-state index in [1.807, 2.05) is 30.3 Å². The van der Waals surface area contributed by atoms with Gasteiger partial charge in [-0.25, -0.2) is 0 Å². The number of aliphatic hydroxyl groups excluding tert-OH is 1. The molecule has 80 valence electrons. The summed E-state index contributed by atoms with van der Waals surface area (Å²) >= 11 is 0. The first-order valence-electron chi connectivity index (χ1n) is 4.72. The molecule has 0 aliphatic rings. The lowest BCUT2D eigenvalue weighted by Gasteiger charge is -2.08. The lowest BCUT2D eigenvalue weighted by atomic mass is 10.1. The first-order chi connectivity index (χ1) is 7.09. The fraction of sp³-hybridized carbons (Fsp3) is 0.250. The average molecular weight is 206 g/mol. The van der Waals surface area contributed by atoms with Crippen LogP contribution in [0.2, 0.25) is 0 Å². The van der Waals surface area contributed by atoms with Crippen LogP contribution in [0.5, 0.6) is 0 Å². The number of hydrogen-bond acceptors (Lipinski definition) is 2. The summed E-state index contributed by atoms with van der Waals surface area (Å²) in [5.74, 6) is -0.997. The topological polar surface area (TPSA) is 57.5 Å². The molecule has 0 aliphatic heterocycles. The van der Waals surface area contributed by atoms with Gasteiger partial charge in [0.25, 0.3) is 0 Å². The van der Waals surface area contributed by atoms with Crippen molar-refractivity contribution in [2.24, 2.45) is 0 Å². The van der Waals surface area contributed by atoms with Gasteiger partial charge in [0.05, 0.1) is 12.5 Å². The summed E-state index contributed by atoms with van der Waals surface area (Å²) in [4.78, 5) is 10.4. The van der Waals surface area contributed by atoms with E-state index in [4.69, 9.17) is 5.11 Å². The van der Waals surface area contributed by atoms with Crippen molar-refractivity contribution in [1.82, 2.24) is 0 Å². The van der Waals surface area contributed by atoms with Crippen molar-refractivity contribution in [2.75, 3.05) is 0 Å². The molecule has 0 radical (unpaired) electrons. The number of benzene rings is 1. The Hall–Kier alpha value is -1.61. The predicted octanol–water partition coefficient (Wildman–Crippen LogP) is 1.93. The molecule has 1 aromatic carbocycles. The van der Waals surface area contributed by atoms with Gasteiger partial charge in [0, 0.05) is 0 Å². The molecule has 0 bridgehead atoms. The van der Waals surface area contributed by atoms with E-state index >= 15 is 0 Å². The summed E-state index contributed by atoms with van der Waals surface area (Å²) in [7, 11) is 0. The number of hydrogen-bond donors (Lipinski definition) is 2. The lowest BCUT2D eigenvalue weighted by Crippen LogP contribution is -2.13. The number of carbonyl (C=O) groups is 1. The second-order valence-electron chi connectivity index (χ2n) is 3.41. The quantitative estimate of drug-likeness (QED) is 0.791. The summed E-state index contributed by atoms with van der Waals surface area (Å²) in [6, 6.07) is 9.49. The maximum absolute atomic E-state index is 10.4. The fourth-order valence-corrected chi connectivity index (χ4v) is 1.23. The molecule has 1 atom stereocenters. The Labute approximate surface area is 88.7 Å².